The Hall–Kier alpha value is -3.15. The molecule has 1 aliphatic carbocycles. The topological polar surface area (TPSA) is 99.3 Å². The van der Waals surface area contributed by atoms with Gasteiger partial charge in [-0.25, -0.2) is 4.68 Å². The van der Waals surface area contributed by atoms with E-state index < -0.39 is 5.91 Å². The highest BCUT2D eigenvalue weighted by Crippen LogP contribution is 2.43. The molecule has 3 aromatic rings. The number of aromatic nitrogens is 2. The summed E-state index contributed by atoms with van der Waals surface area (Å²) in [4.78, 5) is 16.0. The summed E-state index contributed by atoms with van der Waals surface area (Å²) in [5.41, 5.74) is 13.0. The zero-order chi connectivity index (χ0) is 16.7. The van der Waals surface area contributed by atoms with Gasteiger partial charge < -0.3 is 11.5 Å². The summed E-state index contributed by atoms with van der Waals surface area (Å²) in [7, 11) is 0. The van der Waals surface area contributed by atoms with Crippen LogP contribution in [0.4, 0.5) is 0 Å². The lowest BCUT2D eigenvalue weighted by molar-refractivity contribution is 0.100. The second-order valence-corrected chi connectivity index (χ2v) is 5.97. The molecule has 1 heterocycles. The molecule has 0 saturated heterocycles. The van der Waals surface area contributed by atoms with Crippen LogP contribution < -0.4 is 11.5 Å². The van der Waals surface area contributed by atoms with Crippen molar-refractivity contribution in [3.05, 3.63) is 59.9 Å². The zero-order valence-electron chi connectivity index (χ0n) is 13.0. The molecule has 4 rings (SSSR count). The van der Waals surface area contributed by atoms with Gasteiger partial charge in [0.2, 0.25) is 0 Å². The van der Waals surface area contributed by atoms with Gasteiger partial charge in [0, 0.05) is 11.3 Å². The Balaban J connectivity index is 1.91. The molecule has 2 aromatic carbocycles. The van der Waals surface area contributed by atoms with E-state index in [0.717, 1.165) is 35.0 Å². The Morgan fingerprint density at radius 3 is 2.62 bits per heavy atom. The van der Waals surface area contributed by atoms with E-state index in [1.54, 1.807) is 6.20 Å². The third-order valence-electron chi connectivity index (χ3n) is 4.23. The van der Waals surface area contributed by atoms with Crippen molar-refractivity contribution in [2.75, 3.05) is 0 Å². The van der Waals surface area contributed by atoms with E-state index in [0.29, 0.717) is 11.5 Å². The predicted octanol–water partition coefficient (Wildman–Crippen LogP) is 2.32. The van der Waals surface area contributed by atoms with Crippen LogP contribution in [0.5, 0.6) is 0 Å². The summed E-state index contributed by atoms with van der Waals surface area (Å²) in [6, 6.07) is 14.2. The molecule has 0 aliphatic heterocycles. The lowest BCUT2D eigenvalue weighted by Crippen LogP contribution is -2.24. The lowest BCUT2D eigenvalue weighted by Gasteiger charge is -2.11. The highest BCUT2D eigenvalue weighted by molar-refractivity contribution is 6.03. The van der Waals surface area contributed by atoms with Crippen molar-refractivity contribution in [2.24, 2.45) is 16.5 Å². The minimum atomic E-state index is -0.441. The Labute approximate surface area is 138 Å². The van der Waals surface area contributed by atoms with Crippen molar-refractivity contribution in [1.82, 2.24) is 9.78 Å². The number of fused-ring (bicyclic) bond motifs is 1. The van der Waals surface area contributed by atoms with Crippen LogP contribution in [0.15, 0.2) is 53.7 Å². The van der Waals surface area contributed by atoms with E-state index in [1.165, 1.54) is 0 Å². The third-order valence-corrected chi connectivity index (χ3v) is 4.23. The number of carbonyl (C=O) groups is 1. The molecule has 24 heavy (non-hydrogen) atoms. The number of hydrogen-bond donors (Lipinski definition) is 2. The monoisotopic (exact) mass is 319 g/mol. The molecule has 120 valence electrons. The van der Waals surface area contributed by atoms with Gasteiger partial charge >= 0.3 is 0 Å². The average Bonchev–Trinajstić information content (AvgIpc) is 3.32. The fraction of sp³-hybridized carbons (Fsp3) is 0.167. The largest absolute Gasteiger partial charge is 0.370 e. The molecule has 1 amide bonds. The Kier molecular flexibility index (Phi) is 3.30. The first kappa shape index (κ1) is 14.4. The molecule has 1 fully saturated rings. The number of rotatable bonds is 3. The van der Waals surface area contributed by atoms with Crippen molar-refractivity contribution < 1.29 is 4.79 Å². The molecule has 4 N–H and O–H groups in total. The van der Waals surface area contributed by atoms with E-state index >= 15 is 0 Å². The number of amides is 1. The fourth-order valence-corrected chi connectivity index (χ4v) is 3.03. The van der Waals surface area contributed by atoms with Crippen LogP contribution in [-0.4, -0.2) is 21.6 Å². The predicted molar refractivity (Wildman–Crippen MR) is 93.2 cm³/mol. The van der Waals surface area contributed by atoms with Gasteiger partial charge in [-0.2, -0.15) is 10.1 Å². The molecule has 0 bridgehead atoms. The first-order valence-corrected chi connectivity index (χ1v) is 7.85. The minimum absolute atomic E-state index is 0.236. The van der Waals surface area contributed by atoms with Gasteiger partial charge in [-0.05, 0) is 24.3 Å². The van der Waals surface area contributed by atoms with E-state index in [9.17, 15) is 4.79 Å². The molecule has 6 heteroatoms. The van der Waals surface area contributed by atoms with E-state index in [4.69, 9.17) is 11.5 Å². The summed E-state index contributed by atoms with van der Waals surface area (Å²) >= 11 is 0. The SMILES string of the molecule is NC(N)=NC(=O)c1cnn(-c2cccc3ccccc23)c1C1CC1. The second kappa shape index (κ2) is 5.49. The van der Waals surface area contributed by atoms with Crippen molar-refractivity contribution in [1.29, 1.82) is 0 Å². The number of nitrogens with two attached hydrogens (primary N) is 2. The number of benzene rings is 2. The molecule has 1 aliphatic rings. The lowest BCUT2D eigenvalue weighted by atomic mass is 10.1. The summed E-state index contributed by atoms with van der Waals surface area (Å²) in [6.45, 7) is 0. The normalized spacial score (nSPS) is 13.8. The summed E-state index contributed by atoms with van der Waals surface area (Å²) in [5.74, 6) is -0.359. The summed E-state index contributed by atoms with van der Waals surface area (Å²) < 4.78 is 1.86. The smallest absolute Gasteiger partial charge is 0.283 e. The van der Waals surface area contributed by atoms with Crippen LogP contribution in [0.3, 0.4) is 0 Å². The van der Waals surface area contributed by atoms with Crippen LogP contribution in [0.25, 0.3) is 16.5 Å². The number of aliphatic imine (C=N–C) groups is 1. The standard InChI is InChI=1S/C18H17N5O/c19-18(20)22-17(24)14-10-21-23(16(14)12-8-9-12)15-7-3-5-11-4-1-2-6-13(11)15/h1-7,10,12H,8-9H2,(H4,19,20,22,24). The number of carbonyl (C=O) groups excluding carboxylic acids is 1. The minimum Gasteiger partial charge on any atom is -0.370 e. The average molecular weight is 319 g/mol. The van der Waals surface area contributed by atoms with Gasteiger partial charge in [-0.1, -0.05) is 36.4 Å². The molecule has 1 aromatic heterocycles. The van der Waals surface area contributed by atoms with Gasteiger partial charge in [-0.3, -0.25) is 4.79 Å². The van der Waals surface area contributed by atoms with Crippen molar-refractivity contribution in [2.45, 2.75) is 18.8 Å². The van der Waals surface area contributed by atoms with Gasteiger partial charge in [0.25, 0.3) is 5.91 Å². The van der Waals surface area contributed by atoms with Crippen molar-refractivity contribution >= 4 is 22.6 Å². The molecule has 6 nitrogen and oxygen atoms in total. The summed E-state index contributed by atoms with van der Waals surface area (Å²) in [5, 5.41) is 6.69. The molecule has 0 atom stereocenters. The van der Waals surface area contributed by atoms with Crippen LogP contribution in [-0.2, 0) is 0 Å². The van der Waals surface area contributed by atoms with Crippen LogP contribution >= 0.6 is 0 Å². The fourth-order valence-electron chi connectivity index (χ4n) is 3.03. The van der Waals surface area contributed by atoms with Crippen LogP contribution in [0.1, 0.15) is 34.8 Å². The van der Waals surface area contributed by atoms with E-state index in [2.05, 4.69) is 28.3 Å². The van der Waals surface area contributed by atoms with Crippen LogP contribution in [0.2, 0.25) is 0 Å². The van der Waals surface area contributed by atoms with E-state index in [-0.39, 0.29) is 5.96 Å². The number of nitrogens with zero attached hydrogens (tertiary/aromatic N) is 3. The number of hydrogen-bond acceptors (Lipinski definition) is 2. The quantitative estimate of drug-likeness (QED) is 0.571. The Bertz CT molecular complexity index is 959. The molecule has 0 unspecified atom stereocenters. The molecule has 0 spiro atoms. The summed E-state index contributed by atoms with van der Waals surface area (Å²) in [6.07, 6.45) is 3.64. The zero-order valence-corrected chi connectivity index (χ0v) is 13.0. The second-order valence-electron chi connectivity index (χ2n) is 5.97. The van der Waals surface area contributed by atoms with Gasteiger partial charge in [0.1, 0.15) is 0 Å². The van der Waals surface area contributed by atoms with Gasteiger partial charge in [0.15, 0.2) is 5.96 Å². The highest BCUT2D eigenvalue weighted by Gasteiger charge is 2.33. The molecule has 1 saturated carbocycles. The van der Waals surface area contributed by atoms with Crippen molar-refractivity contribution in [3.63, 3.8) is 0 Å². The maximum atomic E-state index is 12.3. The number of guanidine groups is 1. The molecule has 0 radical (unpaired) electrons. The first-order valence-electron chi connectivity index (χ1n) is 7.85. The van der Waals surface area contributed by atoms with Crippen molar-refractivity contribution in [3.8, 4) is 5.69 Å². The Morgan fingerprint density at radius 1 is 1.12 bits per heavy atom. The molecular weight excluding hydrogens is 302 g/mol. The van der Waals surface area contributed by atoms with Gasteiger partial charge in [0.05, 0.1) is 23.1 Å². The maximum absolute atomic E-state index is 12.3. The van der Waals surface area contributed by atoms with Gasteiger partial charge in [-0.15, -0.1) is 0 Å². The van der Waals surface area contributed by atoms with Crippen LogP contribution in [0, 0.1) is 0 Å². The highest BCUT2D eigenvalue weighted by atomic mass is 16.1. The molecular formula is C18H17N5O. The first-order chi connectivity index (χ1) is 11.6. The Morgan fingerprint density at radius 2 is 1.88 bits per heavy atom. The van der Waals surface area contributed by atoms with E-state index in [1.807, 2.05) is 28.9 Å². The maximum Gasteiger partial charge on any atom is 0.283 e. The third kappa shape index (κ3) is 2.42.